The summed E-state index contributed by atoms with van der Waals surface area (Å²) in [4.78, 5) is 0. The molecule has 0 aliphatic heterocycles. The van der Waals surface area contributed by atoms with Crippen LogP contribution in [0.3, 0.4) is 0 Å². The molecule has 1 heterocycles. The number of ether oxygens (including phenoxy) is 1. The van der Waals surface area contributed by atoms with Crippen molar-refractivity contribution in [1.82, 2.24) is 0 Å². The number of pyridine rings is 1. The standard InChI is InChI=1S/C17H21ClNO/c1-3-14(2)20-17(13-19-11-5-4-6-12-19)15-7-9-16(18)10-8-15/h4-12,14,17H,3,13H2,1-2H3/q+1. The van der Waals surface area contributed by atoms with Crippen LogP contribution in [0.15, 0.2) is 54.9 Å². The van der Waals surface area contributed by atoms with Gasteiger partial charge in [0.1, 0.15) is 6.10 Å². The fraction of sp³-hybridized carbons (Fsp3) is 0.353. The zero-order valence-electron chi connectivity index (χ0n) is 12.0. The van der Waals surface area contributed by atoms with Crippen molar-refractivity contribution in [3.8, 4) is 0 Å². The summed E-state index contributed by atoms with van der Waals surface area (Å²) in [5, 5.41) is 0.753. The van der Waals surface area contributed by atoms with Crippen LogP contribution in [0.4, 0.5) is 0 Å². The Kier molecular flexibility index (Phi) is 5.57. The van der Waals surface area contributed by atoms with Crippen LogP contribution in [0.25, 0.3) is 0 Å². The molecule has 0 radical (unpaired) electrons. The van der Waals surface area contributed by atoms with Gasteiger partial charge in [0.15, 0.2) is 18.9 Å². The third kappa shape index (κ3) is 4.32. The molecule has 0 aliphatic carbocycles. The summed E-state index contributed by atoms with van der Waals surface area (Å²) in [6, 6.07) is 14.0. The SMILES string of the molecule is CCC(C)OC(C[n+]1ccccc1)c1ccc(Cl)cc1. The number of hydrogen-bond donors (Lipinski definition) is 0. The topological polar surface area (TPSA) is 13.1 Å². The first-order valence-electron chi connectivity index (χ1n) is 7.04. The van der Waals surface area contributed by atoms with Crippen molar-refractivity contribution in [3.63, 3.8) is 0 Å². The molecule has 3 heteroatoms. The van der Waals surface area contributed by atoms with E-state index in [0.717, 1.165) is 23.6 Å². The Labute approximate surface area is 126 Å². The Bertz CT molecular complexity index is 512. The lowest BCUT2D eigenvalue weighted by Crippen LogP contribution is -2.37. The molecule has 20 heavy (non-hydrogen) atoms. The van der Waals surface area contributed by atoms with Gasteiger partial charge in [0.05, 0.1) is 6.10 Å². The molecular formula is C17H21ClNO+. The van der Waals surface area contributed by atoms with E-state index < -0.39 is 0 Å². The van der Waals surface area contributed by atoms with E-state index in [1.165, 1.54) is 0 Å². The molecule has 2 nitrogen and oxygen atoms in total. The molecule has 2 rings (SSSR count). The van der Waals surface area contributed by atoms with Gasteiger partial charge in [-0.3, -0.25) is 0 Å². The molecule has 0 saturated heterocycles. The minimum Gasteiger partial charge on any atom is -0.364 e. The van der Waals surface area contributed by atoms with Gasteiger partial charge in [-0.05, 0) is 31.0 Å². The van der Waals surface area contributed by atoms with Gasteiger partial charge < -0.3 is 4.74 Å². The van der Waals surface area contributed by atoms with Crippen molar-refractivity contribution in [2.24, 2.45) is 0 Å². The predicted molar refractivity (Wildman–Crippen MR) is 81.7 cm³/mol. The van der Waals surface area contributed by atoms with Gasteiger partial charge in [0.2, 0.25) is 0 Å². The number of rotatable bonds is 6. The van der Waals surface area contributed by atoms with Gasteiger partial charge in [-0.1, -0.05) is 36.7 Å². The number of aromatic nitrogens is 1. The molecule has 1 aromatic carbocycles. The highest BCUT2D eigenvalue weighted by Gasteiger charge is 2.19. The second-order valence-corrected chi connectivity index (χ2v) is 5.40. The summed E-state index contributed by atoms with van der Waals surface area (Å²) < 4.78 is 8.31. The number of halogens is 1. The Morgan fingerprint density at radius 1 is 1.10 bits per heavy atom. The summed E-state index contributed by atoms with van der Waals surface area (Å²) in [6.07, 6.45) is 5.39. The van der Waals surface area contributed by atoms with Crippen LogP contribution in [0.1, 0.15) is 31.9 Å². The van der Waals surface area contributed by atoms with Gasteiger partial charge in [0, 0.05) is 17.2 Å². The van der Waals surface area contributed by atoms with Crippen molar-refractivity contribution in [3.05, 3.63) is 65.4 Å². The van der Waals surface area contributed by atoms with Crippen molar-refractivity contribution >= 4 is 11.6 Å². The van der Waals surface area contributed by atoms with Crippen LogP contribution in [-0.2, 0) is 11.3 Å². The molecule has 0 saturated carbocycles. The zero-order chi connectivity index (χ0) is 14.4. The highest BCUT2D eigenvalue weighted by molar-refractivity contribution is 6.30. The second-order valence-electron chi connectivity index (χ2n) is 4.97. The smallest absolute Gasteiger partial charge is 0.178 e. The fourth-order valence-corrected chi connectivity index (χ4v) is 2.15. The first-order valence-corrected chi connectivity index (χ1v) is 7.42. The molecule has 0 amide bonds. The zero-order valence-corrected chi connectivity index (χ0v) is 12.8. The molecule has 0 N–H and O–H groups in total. The highest BCUT2D eigenvalue weighted by Crippen LogP contribution is 2.22. The summed E-state index contributed by atoms with van der Waals surface area (Å²) in [7, 11) is 0. The van der Waals surface area contributed by atoms with Gasteiger partial charge in [-0.25, -0.2) is 4.57 Å². The van der Waals surface area contributed by atoms with Crippen LogP contribution in [0.5, 0.6) is 0 Å². The number of hydrogen-bond acceptors (Lipinski definition) is 1. The lowest BCUT2D eigenvalue weighted by molar-refractivity contribution is -0.705. The first-order chi connectivity index (χ1) is 9.69. The van der Waals surface area contributed by atoms with Gasteiger partial charge in [-0.2, -0.15) is 0 Å². The van der Waals surface area contributed by atoms with Crippen molar-refractivity contribution in [2.45, 2.75) is 39.0 Å². The van der Waals surface area contributed by atoms with Crippen molar-refractivity contribution < 1.29 is 9.30 Å². The van der Waals surface area contributed by atoms with Crippen molar-refractivity contribution in [2.75, 3.05) is 0 Å². The Hall–Kier alpha value is -1.38. The summed E-state index contributed by atoms with van der Waals surface area (Å²) in [5.41, 5.74) is 1.16. The quantitative estimate of drug-likeness (QED) is 0.727. The normalized spacial score (nSPS) is 13.9. The van der Waals surface area contributed by atoms with Crippen molar-refractivity contribution in [1.29, 1.82) is 0 Å². The van der Waals surface area contributed by atoms with E-state index in [1.54, 1.807) is 0 Å². The Morgan fingerprint density at radius 3 is 2.35 bits per heavy atom. The maximum atomic E-state index is 6.17. The number of benzene rings is 1. The van der Waals surface area contributed by atoms with E-state index in [1.807, 2.05) is 42.5 Å². The lowest BCUT2D eigenvalue weighted by atomic mass is 10.1. The molecule has 2 unspecified atom stereocenters. The molecule has 2 aromatic rings. The summed E-state index contributed by atoms with van der Waals surface area (Å²) in [5.74, 6) is 0. The highest BCUT2D eigenvalue weighted by atomic mass is 35.5. The van der Waals surface area contributed by atoms with E-state index in [-0.39, 0.29) is 12.2 Å². The Balaban J connectivity index is 2.18. The van der Waals surface area contributed by atoms with E-state index in [4.69, 9.17) is 16.3 Å². The van der Waals surface area contributed by atoms with E-state index in [0.29, 0.717) is 0 Å². The molecule has 1 aromatic heterocycles. The van der Waals surface area contributed by atoms with Crippen LogP contribution >= 0.6 is 11.6 Å². The van der Waals surface area contributed by atoms with E-state index >= 15 is 0 Å². The van der Waals surface area contributed by atoms with Gasteiger partial charge in [0.25, 0.3) is 0 Å². The molecule has 2 atom stereocenters. The van der Waals surface area contributed by atoms with Gasteiger partial charge in [-0.15, -0.1) is 0 Å². The summed E-state index contributed by atoms with van der Waals surface area (Å²) >= 11 is 5.96. The van der Waals surface area contributed by atoms with Crippen LogP contribution < -0.4 is 4.57 Å². The molecule has 0 bridgehead atoms. The second kappa shape index (κ2) is 7.41. The molecular weight excluding hydrogens is 270 g/mol. The largest absolute Gasteiger partial charge is 0.364 e. The summed E-state index contributed by atoms with van der Waals surface area (Å²) in [6.45, 7) is 5.05. The minimum atomic E-state index is 0.0367. The Morgan fingerprint density at radius 2 is 1.75 bits per heavy atom. The monoisotopic (exact) mass is 290 g/mol. The third-order valence-corrected chi connectivity index (χ3v) is 3.62. The van der Waals surface area contributed by atoms with Gasteiger partial charge >= 0.3 is 0 Å². The molecule has 106 valence electrons. The number of nitrogens with zero attached hydrogens (tertiary/aromatic N) is 1. The van der Waals surface area contributed by atoms with Crippen LogP contribution in [0, 0.1) is 0 Å². The third-order valence-electron chi connectivity index (χ3n) is 3.37. The average Bonchev–Trinajstić information content (AvgIpc) is 2.48. The maximum Gasteiger partial charge on any atom is 0.178 e. The molecule has 0 fully saturated rings. The average molecular weight is 291 g/mol. The first kappa shape index (κ1) is 15.0. The van der Waals surface area contributed by atoms with E-state index in [9.17, 15) is 0 Å². The minimum absolute atomic E-state index is 0.0367. The lowest BCUT2D eigenvalue weighted by Gasteiger charge is -2.20. The molecule has 0 spiro atoms. The van der Waals surface area contributed by atoms with Crippen LogP contribution in [-0.4, -0.2) is 6.10 Å². The molecule has 0 aliphatic rings. The maximum absolute atomic E-state index is 6.17. The fourth-order valence-electron chi connectivity index (χ4n) is 2.03. The van der Waals surface area contributed by atoms with E-state index in [2.05, 4.69) is 30.8 Å². The van der Waals surface area contributed by atoms with Crippen LogP contribution in [0.2, 0.25) is 5.02 Å². The predicted octanol–water partition coefficient (Wildman–Crippen LogP) is 4.18.